The van der Waals surface area contributed by atoms with Crippen molar-refractivity contribution in [2.24, 2.45) is 0 Å². The largest absolute Gasteiger partial charge is 3.00 e. The molecule has 4 rings (SSSR count). The zero-order chi connectivity index (χ0) is 58.9. The van der Waals surface area contributed by atoms with Crippen LogP contribution in [0.25, 0.3) is 23.0 Å². The van der Waals surface area contributed by atoms with Crippen LogP contribution in [0.5, 0.6) is 0 Å². The van der Waals surface area contributed by atoms with Gasteiger partial charge in [0.05, 0.1) is 26.2 Å². The molecule has 78 heavy (non-hydrogen) atoms. The maximum absolute atomic E-state index is 11.8. The molecule has 0 aromatic heterocycles. The predicted octanol–water partition coefficient (Wildman–Crippen LogP) is 11.1. The van der Waals surface area contributed by atoms with Crippen LogP contribution in [0, 0.1) is 49.4 Å². The van der Waals surface area contributed by atoms with Crippen LogP contribution in [0.3, 0.4) is 0 Å². The van der Waals surface area contributed by atoms with Gasteiger partial charge in [-0.05, 0) is 72.2 Å². The molecule has 0 aliphatic rings. The van der Waals surface area contributed by atoms with Gasteiger partial charge in [-0.25, -0.2) is 0 Å². The Morgan fingerprint density at radius 2 is 0.500 bits per heavy atom. The number of quaternary nitrogens is 1. The molecule has 0 aliphatic carbocycles. The average molecular weight is 1260 g/mol. The number of carbonyl (C=O) groups is 4. The van der Waals surface area contributed by atoms with Crippen LogP contribution in [0.1, 0.15) is 101 Å². The van der Waals surface area contributed by atoms with Crippen LogP contribution in [-0.2, 0) is 19.2 Å². The van der Waals surface area contributed by atoms with Gasteiger partial charge in [0.15, 0.2) is 0 Å². The van der Waals surface area contributed by atoms with Crippen LogP contribution < -0.4 is 20.4 Å². The van der Waals surface area contributed by atoms with E-state index >= 15 is 0 Å². The Labute approximate surface area is 486 Å². The molecule has 0 unspecified atom stereocenters. The molecular formula is C56H60EuF12NO8. The van der Waals surface area contributed by atoms with Gasteiger partial charge < -0.3 is 24.9 Å². The number of rotatable bonds is 20. The Bertz CT molecular complexity index is 2130. The first kappa shape index (κ1) is 74.5. The normalized spacial score (nSPS) is 12.3. The Kier molecular flexibility index (Phi) is 36.4. The molecule has 9 nitrogen and oxygen atoms in total. The number of carbonyl (C=O) groups excluding carboxylic acids is 4. The number of alkyl halides is 12. The van der Waals surface area contributed by atoms with Crippen molar-refractivity contribution >= 4 is 46.2 Å². The molecule has 4 aromatic rings. The summed E-state index contributed by atoms with van der Waals surface area (Å²) in [5, 5.41) is 44.5. The zero-order valence-corrected chi connectivity index (χ0v) is 45.4. The van der Waals surface area contributed by atoms with Crippen molar-refractivity contribution in [2.75, 3.05) is 26.2 Å². The molecule has 22 heteroatoms. The van der Waals surface area contributed by atoms with Gasteiger partial charge in [-0.15, -0.1) is 0 Å². The van der Waals surface area contributed by atoms with E-state index in [1.165, 1.54) is 179 Å². The fraction of sp³-hybridized carbons (Fsp3) is 0.357. The Balaban J connectivity index is 0. The molecule has 0 N–H and O–H groups in total. The zero-order valence-electron chi connectivity index (χ0n) is 43.0. The Hall–Kier alpha value is -5.58. The third kappa shape index (κ3) is 32.4. The standard InChI is InChI=1S/C16H36N.4C10H7F3O2.Eu/c1-5-9-13-17(14-10-6-2,15-11-7-3)16-12-8-4;4*11-10(12,13)9(15)6-8(14)7-4-2-1-3-5-7;/h5-16H2,1-4H3;4*1-6,14H;/q+1;;;;;+3/p-4/b;4*8-6-;. The smallest absolute Gasteiger partial charge is 0.872 e. The van der Waals surface area contributed by atoms with Crippen molar-refractivity contribution in [2.45, 2.75) is 104 Å². The molecule has 0 saturated carbocycles. The molecule has 0 atom stereocenters. The van der Waals surface area contributed by atoms with E-state index in [1.54, 1.807) is 24.3 Å². The van der Waals surface area contributed by atoms with Gasteiger partial charge in [0.25, 0.3) is 23.1 Å². The van der Waals surface area contributed by atoms with Crippen LogP contribution in [0.2, 0.25) is 0 Å². The van der Waals surface area contributed by atoms with Gasteiger partial charge >= 0.3 is 74.1 Å². The number of hydrogen-bond donors (Lipinski definition) is 0. The first-order valence-corrected chi connectivity index (χ1v) is 23.9. The second kappa shape index (κ2) is 38.1. The van der Waals surface area contributed by atoms with E-state index in [1.807, 2.05) is 0 Å². The van der Waals surface area contributed by atoms with Gasteiger partial charge in [-0.1, -0.05) is 198 Å². The van der Waals surface area contributed by atoms with E-state index in [9.17, 15) is 92.3 Å². The maximum atomic E-state index is 11.8. The summed E-state index contributed by atoms with van der Waals surface area (Å²) >= 11 is 0. The topological polar surface area (TPSA) is 161 Å². The summed E-state index contributed by atoms with van der Waals surface area (Å²) in [7, 11) is 0. The number of nitrogens with zero attached hydrogens (tertiary/aromatic N) is 1. The molecule has 428 valence electrons. The van der Waals surface area contributed by atoms with Gasteiger partial charge in [0, 0.05) is 0 Å². The predicted molar refractivity (Wildman–Crippen MR) is 261 cm³/mol. The fourth-order valence-corrected chi connectivity index (χ4v) is 6.19. The summed E-state index contributed by atoms with van der Waals surface area (Å²) in [5.74, 6) is -12.4. The minimum atomic E-state index is -5.00. The van der Waals surface area contributed by atoms with E-state index in [2.05, 4.69) is 27.7 Å². The van der Waals surface area contributed by atoms with Crippen molar-refractivity contribution in [3.63, 3.8) is 0 Å². The van der Waals surface area contributed by atoms with Crippen LogP contribution in [0.15, 0.2) is 146 Å². The second-order valence-corrected chi connectivity index (χ2v) is 16.6. The number of halogens is 12. The van der Waals surface area contributed by atoms with Gasteiger partial charge in [0.2, 0.25) is 0 Å². The molecular weight excluding hydrogens is 1190 g/mol. The van der Waals surface area contributed by atoms with Crippen LogP contribution in [0.4, 0.5) is 52.7 Å². The SMILES string of the molecule is CCCC[N+](CCCC)(CCCC)CCCC.O=C(/C=C(\[O-])c1ccccc1)C(F)(F)F.O=C(/C=C(\[O-])c1ccccc1)C(F)(F)F.O=C(/C=C(\[O-])c1ccccc1)C(F)(F)F.O=C(/C=C(\[O-])c1ccccc1)C(F)(F)F.[Eu+3]. The van der Waals surface area contributed by atoms with Gasteiger partial charge in [-0.3, -0.25) is 19.2 Å². The molecule has 0 saturated heterocycles. The monoisotopic (exact) mass is 1260 g/mol. The summed E-state index contributed by atoms with van der Waals surface area (Å²) < 4.78 is 143. The molecule has 0 fully saturated rings. The van der Waals surface area contributed by atoms with E-state index in [0.29, 0.717) is 0 Å². The minimum absolute atomic E-state index is 0. The van der Waals surface area contributed by atoms with Crippen LogP contribution >= 0.6 is 0 Å². The van der Waals surface area contributed by atoms with Crippen molar-refractivity contribution in [1.82, 2.24) is 0 Å². The Morgan fingerprint density at radius 3 is 0.628 bits per heavy atom. The third-order valence-electron chi connectivity index (χ3n) is 10.3. The Morgan fingerprint density at radius 1 is 0.346 bits per heavy atom. The molecule has 0 spiro atoms. The van der Waals surface area contributed by atoms with E-state index in [0.717, 1.165) is 0 Å². The summed E-state index contributed by atoms with van der Waals surface area (Å²) in [6, 6.07) is 29.1. The van der Waals surface area contributed by atoms with E-state index < -0.39 is 70.9 Å². The van der Waals surface area contributed by atoms with Gasteiger partial charge in [0.1, 0.15) is 0 Å². The molecule has 0 amide bonds. The minimum Gasteiger partial charge on any atom is -0.872 e. The first-order valence-electron chi connectivity index (χ1n) is 23.9. The molecule has 4 aromatic carbocycles. The number of benzene rings is 4. The van der Waals surface area contributed by atoms with E-state index in [4.69, 9.17) is 0 Å². The van der Waals surface area contributed by atoms with Gasteiger partial charge in [-0.2, -0.15) is 52.7 Å². The second-order valence-electron chi connectivity index (χ2n) is 16.6. The average Bonchev–Trinajstić information content (AvgIpc) is 3.38. The molecule has 0 radical (unpaired) electrons. The van der Waals surface area contributed by atoms with Crippen molar-refractivity contribution in [3.05, 3.63) is 168 Å². The maximum Gasteiger partial charge on any atom is 3.00 e. The molecule has 0 bridgehead atoms. The number of unbranched alkanes of at least 4 members (excludes halogenated alkanes) is 4. The first-order chi connectivity index (χ1) is 35.9. The van der Waals surface area contributed by atoms with Crippen LogP contribution in [-0.4, -0.2) is 78.5 Å². The molecule has 0 aliphatic heterocycles. The number of allylic oxidation sites excluding steroid dienone is 4. The summed E-state index contributed by atoms with van der Waals surface area (Å²) in [6.07, 6.45) is -8.72. The molecule has 0 heterocycles. The van der Waals surface area contributed by atoms with Crippen molar-refractivity contribution in [1.29, 1.82) is 0 Å². The summed E-state index contributed by atoms with van der Waals surface area (Å²) in [6.45, 7) is 15.0. The number of hydrogen-bond acceptors (Lipinski definition) is 8. The summed E-state index contributed by atoms with van der Waals surface area (Å²) in [5.41, 5.74) is 0.204. The quantitative estimate of drug-likeness (QED) is 0.0366. The third-order valence-corrected chi connectivity index (χ3v) is 10.3. The fourth-order valence-electron chi connectivity index (χ4n) is 6.19. The van der Waals surface area contributed by atoms with Crippen molar-refractivity contribution in [3.8, 4) is 0 Å². The van der Waals surface area contributed by atoms with E-state index in [-0.39, 0.29) is 95.9 Å². The van der Waals surface area contributed by atoms with Crippen molar-refractivity contribution < 1.29 is 146 Å². The number of ketones is 4. The summed E-state index contributed by atoms with van der Waals surface area (Å²) in [4.78, 5) is 41.8.